The Balaban J connectivity index is 3.31. The Labute approximate surface area is 86.3 Å². The second-order valence-corrected chi connectivity index (χ2v) is 2.79. The van der Waals surface area contributed by atoms with Crippen molar-refractivity contribution in [2.45, 2.75) is 6.92 Å². The summed E-state index contributed by atoms with van der Waals surface area (Å²) in [6.07, 6.45) is 0. The lowest BCUT2D eigenvalue weighted by molar-refractivity contribution is 0.0594. The van der Waals surface area contributed by atoms with E-state index in [9.17, 15) is 9.59 Å². The highest BCUT2D eigenvalue weighted by Crippen LogP contribution is 2.07. The van der Waals surface area contributed by atoms with E-state index in [0.717, 1.165) is 0 Å². The minimum atomic E-state index is -0.672. The monoisotopic (exact) mass is 204 g/mol. The van der Waals surface area contributed by atoms with Crippen LogP contribution in [-0.4, -0.2) is 23.8 Å². The fourth-order valence-electron chi connectivity index (χ4n) is 0.985. The maximum atomic E-state index is 11.2. The first kappa shape index (κ1) is 10.9. The zero-order chi connectivity index (χ0) is 11.4. The van der Waals surface area contributed by atoms with Crippen LogP contribution in [0.4, 0.5) is 0 Å². The molecule has 0 spiro atoms. The van der Waals surface area contributed by atoms with E-state index in [0.29, 0.717) is 0 Å². The van der Waals surface area contributed by atoms with E-state index in [-0.39, 0.29) is 22.7 Å². The van der Waals surface area contributed by atoms with Crippen molar-refractivity contribution in [3.8, 4) is 6.07 Å². The predicted octanol–water partition coefficient (Wildman–Crippen LogP) is 0.942. The summed E-state index contributed by atoms with van der Waals surface area (Å²) in [4.78, 5) is 26.0. The molecule has 0 aliphatic rings. The van der Waals surface area contributed by atoms with E-state index >= 15 is 0 Å². The average molecular weight is 204 g/mol. The van der Waals surface area contributed by atoms with Gasteiger partial charge in [0.1, 0.15) is 5.69 Å². The van der Waals surface area contributed by atoms with E-state index in [4.69, 9.17) is 5.26 Å². The van der Waals surface area contributed by atoms with Crippen molar-refractivity contribution in [2.24, 2.45) is 0 Å². The first-order valence-electron chi connectivity index (χ1n) is 4.10. The van der Waals surface area contributed by atoms with Gasteiger partial charge in [-0.15, -0.1) is 0 Å². The van der Waals surface area contributed by atoms with Crippen molar-refractivity contribution >= 4 is 11.8 Å². The SMILES string of the molecule is COC(=O)c1cc(C#N)cc(C(C)=O)n1. The lowest BCUT2D eigenvalue weighted by Gasteiger charge is -2.01. The van der Waals surface area contributed by atoms with Crippen molar-refractivity contribution in [3.05, 3.63) is 29.1 Å². The maximum absolute atomic E-state index is 11.2. The molecule has 0 saturated heterocycles. The second-order valence-electron chi connectivity index (χ2n) is 2.79. The molecule has 1 heterocycles. The Morgan fingerprint density at radius 3 is 2.47 bits per heavy atom. The van der Waals surface area contributed by atoms with Crippen LogP contribution in [0.2, 0.25) is 0 Å². The number of nitriles is 1. The van der Waals surface area contributed by atoms with Crippen LogP contribution in [0, 0.1) is 11.3 Å². The number of esters is 1. The Hall–Kier alpha value is -2.22. The molecule has 0 bridgehead atoms. The summed E-state index contributed by atoms with van der Waals surface area (Å²) in [5.74, 6) is -0.980. The van der Waals surface area contributed by atoms with Gasteiger partial charge in [-0.1, -0.05) is 0 Å². The molecule has 0 unspecified atom stereocenters. The lowest BCUT2D eigenvalue weighted by Crippen LogP contribution is -2.08. The largest absolute Gasteiger partial charge is 0.464 e. The number of nitrogens with zero attached hydrogens (tertiary/aromatic N) is 2. The molecule has 0 N–H and O–H groups in total. The smallest absolute Gasteiger partial charge is 0.356 e. The van der Waals surface area contributed by atoms with Crippen LogP contribution >= 0.6 is 0 Å². The number of hydrogen-bond acceptors (Lipinski definition) is 5. The highest BCUT2D eigenvalue weighted by Gasteiger charge is 2.12. The van der Waals surface area contributed by atoms with Crippen LogP contribution in [0.25, 0.3) is 0 Å². The highest BCUT2D eigenvalue weighted by molar-refractivity contribution is 5.95. The molecule has 0 aromatic carbocycles. The number of carbonyl (C=O) groups excluding carboxylic acids is 2. The van der Waals surface area contributed by atoms with Crippen molar-refractivity contribution in [1.82, 2.24) is 4.98 Å². The van der Waals surface area contributed by atoms with Gasteiger partial charge in [0.25, 0.3) is 0 Å². The van der Waals surface area contributed by atoms with Gasteiger partial charge in [0.05, 0.1) is 18.7 Å². The Kier molecular flexibility index (Phi) is 3.13. The number of pyridine rings is 1. The van der Waals surface area contributed by atoms with Gasteiger partial charge in [0.15, 0.2) is 11.5 Å². The number of rotatable bonds is 2. The van der Waals surface area contributed by atoms with E-state index in [1.165, 1.54) is 26.2 Å². The van der Waals surface area contributed by atoms with Crippen molar-refractivity contribution in [1.29, 1.82) is 5.26 Å². The standard InChI is InChI=1S/C10H8N2O3/c1-6(13)8-3-7(5-11)4-9(12-8)10(14)15-2/h3-4H,1-2H3. The molecule has 1 aromatic heterocycles. The summed E-state index contributed by atoms with van der Waals surface area (Å²) < 4.78 is 4.45. The lowest BCUT2D eigenvalue weighted by atomic mass is 10.1. The van der Waals surface area contributed by atoms with E-state index in [1.54, 1.807) is 0 Å². The van der Waals surface area contributed by atoms with Crippen LogP contribution < -0.4 is 0 Å². The van der Waals surface area contributed by atoms with Gasteiger partial charge in [-0.2, -0.15) is 5.26 Å². The van der Waals surface area contributed by atoms with Crippen LogP contribution in [-0.2, 0) is 4.74 Å². The fourth-order valence-corrected chi connectivity index (χ4v) is 0.985. The van der Waals surface area contributed by atoms with Crippen LogP contribution in [0.15, 0.2) is 12.1 Å². The van der Waals surface area contributed by atoms with Gasteiger partial charge in [0.2, 0.25) is 0 Å². The van der Waals surface area contributed by atoms with Gasteiger partial charge in [-0.25, -0.2) is 9.78 Å². The van der Waals surface area contributed by atoms with Crippen LogP contribution in [0.1, 0.15) is 33.5 Å². The normalized spacial score (nSPS) is 9.13. The third-order valence-corrected chi connectivity index (χ3v) is 1.71. The Morgan fingerprint density at radius 1 is 1.40 bits per heavy atom. The van der Waals surface area contributed by atoms with Gasteiger partial charge in [-0.05, 0) is 12.1 Å². The zero-order valence-corrected chi connectivity index (χ0v) is 8.27. The predicted molar refractivity (Wildman–Crippen MR) is 50.3 cm³/mol. The summed E-state index contributed by atoms with van der Waals surface area (Å²) in [6.45, 7) is 1.31. The van der Waals surface area contributed by atoms with Gasteiger partial charge < -0.3 is 4.74 Å². The molecule has 1 aromatic rings. The summed E-state index contributed by atoms with van der Waals surface area (Å²) in [6, 6.07) is 4.45. The number of aromatic nitrogens is 1. The zero-order valence-electron chi connectivity index (χ0n) is 8.27. The molecule has 15 heavy (non-hydrogen) atoms. The minimum Gasteiger partial charge on any atom is -0.464 e. The molecule has 5 nitrogen and oxygen atoms in total. The molecule has 0 amide bonds. The topological polar surface area (TPSA) is 80.0 Å². The van der Waals surface area contributed by atoms with Crippen molar-refractivity contribution in [3.63, 3.8) is 0 Å². The number of carbonyl (C=O) groups is 2. The molecular weight excluding hydrogens is 196 g/mol. The summed E-state index contributed by atoms with van der Waals surface area (Å²) in [5, 5.41) is 8.68. The summed E-state index contributed by atoms with van der Waals surface area (Å²) in [7, 11) is 1.20. The third-order valence-electron chi connectivity index (χ3n) is 1.71. The quantitative estimate of drug-likeness (QED) is 0.529. The number of ether oxygens (including phenoxy) is 1. The van der Waals surface area contributed by atoms with Crippen LogP contribution in [0.5, 0.6) is 0 Å². The third kappa shape index (κ3) is 2.38. The fraction of sp³-hybridized carbons (Fsp3) is 0.200. The number of hydrogen-bond donors (Lipinski definition) is 0. The van der Waals surface area contributed by atoms with E-state index in [2.05, 4.69) is 9.72 Å². The van der Waals surface area contributed by atoms with Gasteiger partial charge in [-0.3, -0.25) is 4.79 Å². The van der Waals surface area contributed by atoms with Gasteiger partial charge >= 0.3 is 5.97 Å². The molecule has 76 valence electrons. The average Bonchev–Trinajstić information content (AvgIpc) is 2.27. The van der Waals surface area contributed by atoms with E-state index < -0.39 is 5.97 Å². The molecule has 0 atom stereocenters. The first-order chi connectivity index (χ1) is 7.08. The summed E-state index contributed by atoms with van der Waals surface area (Å²) >= 11 is 0. The van der Waals surface area contributed by atoms with E-state index in [1.807, 2.05) is 6.07 Å². The molecular formula is C10H8N2O3. The molecule has 0 saturated carbocycles. The second kappa shape index (κ2) is 4.33. The molecule has 1 rings (SSSR count). The molecule has 0 aliphatic heterocycles. The summed E-state index contributed by atoms with van der Waals surface area (Å²) in [5.41, 5.74) is 0.242. The number of ketones is 1. The molecule has 0 radical (unpaired) electrons. The van der Waals surface area contributed by atoms with Crippen molar-refractivity contribution < 1.29 is 14.3 Å². The number of Topliss-reactive ketones (excluding diaryl/α,β-unsaturated/α-hetero) is 1. The van der Waals surface area contributed by atoms with Crippen LogP contribution in [0.3, 0.4) is 0 Å². The molecule has 0 aliphatic carbocycles. The molecule has 5 heteroatoms. The Morgan fingerprint density at radius 2 is 2.00 bits per heavy atom. The van der Waals surface area contributed by atoms with Gasteiger partial charge in [0, 0.05) is 6.92 Å². The van der Waals surface area contributed by atoms with Crippen molar-refractivity contribution in [2.75, 3.05) is 7.11 Å². The maximum Gasteiger partial charge on any atom is 0.356 e. The molecule has 0 fully saturated rings. The first-order valence-corrected chi connectivity index (χ1v) is 4.10. The highest BCUT2D eigenvalue weighted by atomic mass is 16.5. The Bertz CT molecular complexity index is 460. The minimum absolute atomic E-state index is 0.0400. The number of methoxy groups -OCH3 is 1.